The zero-order valence-corrected chi connectivity index (χ0v) is 7.96. The Morgan fingerprint density at radius 2 is 2.21 bits per heavy atom. The van der Waals surface area contributed by atoms with E-state index in [2.05, 4.69) is 40.6 Å². The van der Waals surface area contributed by atoms with Crippen LogP contribution in [-0.2, 0) is 6.54 Å². The summed E-state index contributed by atoms with van der Waals surface area (Å²) in [6.07, 6.45) is 1.90. The smallest absolute Gasteiger partial charge is 0.0622 e. The lowest BCUT2D eigenvalue weighted by atomic mass is 9.98. The van der Waals surface area contributed by atoms with E-state index in [0.717, 1.165) is 6.54 Å². The highest BCUT2D eigenvalue weighted by atomic mass is 15.1. The van der Waals surface area contributed by atoms with E-state index in [1.807, 2.05) is 6.20 Å². The molecule has 3 nitrogen and oxygen atoms in total. The summed E-state index contributed by atoms with van der Waals surface area (Å²) in [5.41, 5.74) is 6.17. The van der Waals surface area contributed by atoms with E-state index in [-0.39, 0.29) is 0 Å². The zero-order chi connectivity index (χ0) is 9.54. The number of fused-ring (bicyclic) bond motifs is 3. The fourth-order valence-electron chi connectivity index (χ4n) is 1.98. The molecule has 14 heavy (non-hydrogen) atoms. The molecule has 0 aliphatic carbocycles. The van der Waals surface area contributed by atoms with Gasteiger partial charge in [-0.05, 0) is 12.5 Å². The van der Waals surface area contributed by atoms with Crippen LogP contribution in [0, 0.1) is 6.92 Å². The van der Waals surface area contributed by atoms with Crippen molar-refractivity contribution in [3.8, 4) is 11.1 Å². The highest BCUT2D eigenvalue weighted by Crippen LogP contribution is 2.35. The SMILES string of the molecule is Cc1cccc2c1NCc1[nH]ncc1-2. The van der Waals surface area contributed by atoms with Crippen molar-refractivity contribution in [3.05, 3.63) is 35.7 Å². The number of hydrogen-bond acceptors (Lipinski definition) is 2. The first kappa shape index (κ1) is 7.62. The molecule has 0 unspecified atom stereocenters. The second-order valence-corrected chi connectivity index (χ2v) is 3.61. The lowest BCUT2D eigenvalue weighted by molar-refractivity contribution is 0.975. The molecule has 0 bridgehead atoms. The van der Waals surface area contributed by atoms with Crippen LogP contribution in [0.25, 0.3) is 11.1 Å². The van der Waals surface area contributed by atoms with E-state index >= 15 is 0 Å². The van der Waals surface area contributed by atoms with Crippen LogP contribution in [0.1, 0.15) is 11.3 Å². The van der Waals surface area contributed by atoms with Crippen molar-refractivity contribution in [2.24, 2.45) is 0 Å². The molecular weight excluding hydrogens is 174 g/mol. The highest BCUT2D eigenvalue weighted by Gasteiger charge is 2.17. The van der Waals surface area contributed by atoms with Gasteiger partial charge in [0.15, 0.2) is 0 Å². The van der Waals surface area contributed by atoms with E-state index < -0.39 is 0 Å². The summed E-state index contributed by atoms with van der Waals surface area (Å²) in [5, 5.41) is 10.5. The van der Waals surface area contributed by atoms with Crippen molar-refractivity contribution in [1.29, 1.82) is 0 Å². The molecule has 1 aromatic heterocycles. The van der Waals surface area contributed by atoms with Crippen LogP contribution in [0.2, 0.25) is 0 Å². The molecule has 3 rings (SSSR count). The predicted molar refractivity (Wildman–Crippen MR) is 56.1 cm³/mol. The summed E-state index contributed by atoms with van der Waals surface area (Å²) in [6.45, 7) is 2.96. The zero-order valence-electron chi connectivity index (χ0n) is 7.96. The molecule has 2 N–H and O–H groups in total. The molecule has 3 heteroatoms. The van der Waals surface area contributed by atoms with Crippen LogP contribution < -0.4 is 5.32 Å². The minimum absolute atomic E-state index is 0.840. The molecule has 2 aromatic rings. The first-order chi connectivity index (χ1) is 6.86. The van der Waals surface area contributed by atoms with E-state index in [1.165, 1.54) is 28.1 Å². The van der Waals surface area contributed by atoms with Gasteiger partial charge in [-0.15, -0.1) is 0 Å². The molecular formula is C11H11N3. The van der Waals surface area contributed by atoms with Gasteiger partial charge in [-0.1, -0.05) is 18.2 Å². The monoisotopic (exact) mass is 185 g/mol. The fraction of sp³-hybridized carbons (Fsp3) is 0.182. The summed E-state index contributed by atoms with van der Waals surface area (Å²) < 4.78 is 0. The number of rotatable bonds is 0. The third-order valence-electron chi connectivity index (χ3n) is 2.72. The first-order valence-corrected chi connectivity index (χ1v) is 4.72. The summed E-state index contributed by atoms with van der Waals surface area (Å²) in [5.74, 6) is 0. The van der Waals surface area contributed by atoms with Gasteiger partial charge in [0, 0.05) is 16.8 Å². The average Bonchev–Trinajstić information content (AvgIpc) is 2.66. The minimum Gasteiger partial charge on any atom is -0.379 e. The lowest BCUT2D eigenvalue weighted by Crippen LogP contribution is -2.09. The van der Waals surface area contributed by atoms with Crippen LogP contribution in [0.15, 0.2) is 24.4 Å². The lowest BCUT2D eigenvalue weighted by Gasteiger charge is -2.19. The topological polar surface area (TPSA) is 40.7 Å². The van der Waals surface area contributed by atoms with Crippen LogP contribution in [0.4, 0.5) is 5.69 Å². The van der Waals surface area contributed by atoms with E-state index in [0.29, 0.717) is 0 Å². The molecule has 0 saturated heterocycles. The number of aromatic nitrogens is 2. The summed E-state index contributed by atoms with van der Waals surface area (Å²) in [6, 6.07) is 6.33. The number of aromatic amines is 1. The highest BCUT2D eigenvalue weighted by molar-refractivity contribution is 5.83. The van der Waals surface area contributed by atoms with Crippen molar-refractivity contribution >= 4 is 5.69 Å². The standard InChI is InChI=1S/C11H11N3/c1-7-3-2-4-8-9-5-13-14-10(9)6-12-11(7)8/h2-5,12H,6H2,1H3,(H,13,14). The normalized spacial score (nSPS) is 12.9. The Hall–Kier alpha value is -1.77. The molecule has 0 atom stereocenters. The van der Waals surface area contributed by atoms with Gasteiger partial charge in [-0.25, -0.2) is 0 Å². The number of para-hydroxylation sites is 1. The Morgan fingerprint density at radius 1 is 1.29 bits per heavy atom. The molecule has 70 valence electrons. The Bertz CT molecular complexity index is 485. The molecule has 0 fully saturated rings. The third kappa shape index (κ3) is 0.894. The number of nitrogens with one attached hydrogen (secondary N) is 2. The van der Waals surface area contributed by atoms with Crippen LogP contribution in [0.3, 0.4) is 0 Å². The molecule has 1 aliphatic rings. The van der Waals surface area contributed by atoms with Gasteiger partial charge in [0.25, 0.3) is 0 Å². The second kappa shape index (κ2) is 2.61. The van der Waals surface area contributed by atoms with Crippen molar-refractivity contribution < 1.29 is 0 Å². The number of hydrogen-bond donors (Lipinski definition) is 2. The molecule has 0 radical (unpaired) electrons. The fourth-order valence-corrected chi connectivity index (χ4v) is 1.98. The van der Waals surface area contributed by atoms with Crippen LogP contribution in [0.5, 0.6) is 0 Å². The second-order valence-electron chi connectivity index (χ2n) is 3.61. The molecule has 0 spiro atoms. The first-order valence-electron chi connectivity index (χ1n) is 4.72. The predicted octanol–water partition coefficient (Wildman–Crippen LogP) is 2.31. The summed E-state index contributed by atoms with van der Waals surface area (Å²) in [4.78, 5) is 0. The van der Waals surface area contributed by atoms with Gasteiger partial charge >= 0.3 is 0 Å². The maximum absolute atomic E-state index is 4.07. The van der Waals surface area contributed by atoms with Crippen molar-refractivity contribution in [2.45, 2.75) is 13.5 Å². The number of benzene rings is 1. The van der Waals surface area contributed by atoms with Crippen LogP contribution >= 0.6 is 0 Å². The van der Waals surface area contributed by atoms with E-state index in [9.17, 15) is 0 Å². The molecule has 1 aliphatic heterocycles. The van der Waals surface area contributed by atoms with Crippen molar-refractivity contribution in [2.75, 3.05) is 5.32 Å². The van der Waals surface area contributed by atoms with Crippen molar-refractivity contribution in [3.63, 3.8) is 0 Å². The van der Waals surface area contributed by atoms with Gasteiger partial charge in [-0.2, -0.15) is 5.10 Å². The van der Waals surface area contributed by atoms with Gasteiger partial charge in [0.1, 0.15) is 0 Å². The third-order valence-corrected chi connectivity index (χ3v) is 2.72. The number of nitrogens with zero attached hydrogens (tertiary/aromatic N) is 1. The molecule has 0 amide bonds. The maximum atomic E-state index is 4.07. The molecule has 0 saturated carbocycles. The van der Waals surface area contributed by atoms with Crippen molar-refractivity contribution in [1.82, 2.24) is 10.2 Å². The maximum Gasteiger partial charge on any atom is 0.0622 e. The Labute approximate surface area is 82.2 Å². The molecule has 1 aromatic carbocycles. The Balaban J connectivity index is 2.31. The van der Waals surface area contributed by atoms with Gasteiger partial charge in [0.05, 0.1) is 18.4 Å². The van der Waals surface area contributed by atoms with E-state index in [4.69, 9.17) is 0 Å². The minimum atomic E-state index is 0.840. The average molecular weight is 185 g/mol. The van der Waals surface area contributed by atoms with Gasteiger partial charge in [-0.3, -0.25) is 5.10 Å². The number of H-pyrrole nitrogens is 1. The summed E-state index contributed by atoms with van der Waals surface area (Å²) in [7, 11) is 0. The van der Waals surface area contributed by atoms with Gasteiger partial charge < -0.3 is 5.32 Å². The largest absolute Gasteiger partial charge is 0.379 e. The number of aryl methyl sites for hydroxylation is 1. The van der Waals surface area contributed by atoms with E-state index in [1.54, 1.807) is 0 Å². The molecule has 2 heterocycles. The Kier molecular flexibility index (Phi) is 1.42. The Morgan fingerprint density at radius 3 is 3.14 bits per heavy atom. The van der Waals surface area contributed by atoms with Crippen LogP contribution in [-0.4, -0.2) is 10.2 Å². The summed E-state index contributed by atoms with van der Waals surface area (Å²) >= 11 is 0. The quantitative estimate of drug-likeness (QED) is 0.661. The van der Waals surface area contributed by atoms with Gasteiger partial charge in [0.2, 0.25) is 0 Å². The number of anilines is 1.